The average molecular weight is 482 g/mol. The number of fused-ring (bicyclic) bond motifs is 1. The van der Waals surface area contributed by atoms with Gasteiger partial charge in [-0.15, -0.1) is 0 Å². The molecule has 4 aliphatic rings. The molecule has 1 aromatic carbocycles. The van der Waals surface area contributed by atoms with Crippen LogP contribution in [0, 0.1) is 11.3 Å². The molecule has 2 amide bonds. The second kappa shape index (κ2) is 11.3. The third kappa shape index (κ3) is 5.68. The summed E-state index contributed by atoms with van der Waals surface area (Å²) < 4.78 is 6.00. The number of hydrogen-bond donors (Lipinski definition) is 1. The zero-order valence-electron chi connectivity index (χ0n) is 21.3. The number of likely N-dealkylation sites (tertiary alicyclic amines) is 2. The maximum absolute atomic E-state index is 13.4. The van der Waals surface area contributed by atoms with Crippen LogP contribution >= 0.6 is 0 Å². The second-order valence-corrected chi connectivity index (χ2v) is 11.3. The fraction of sp³-hybridized carbons (Fsp3) is 0.724. The molecule has 3 aliphatic heterocycles. The molecule has 0 atom stereocenters. The van der Waals surface area contributed by atoms with Crippen LogP contribution in [-0.4, -0.2) is 67.0 Å². The van der Waals surface area contributed by atoms with Crippen LogP contribution in [0.25, 0.3) is 0 Å². The van der Waals surface area contributed by atoms with Gasteiger partial charge in [0.25, 0.3) is 0 Å². The van der Waals surface area contributed by atoms with E-state index in [2.05, 4.69) is 27.2 Å². The Hall–Kier alpha value is -2.08. The summed E-state index contributed by atoms with van der Waals surface area (Å²) in [6, 6.07) is 8.97. The molecule has 5 rings (SSSR count). The summed E-state index contributed by atoms with van der Waals surface area (Å²) in [6.45, 7) is 4.32. The molecule has 0 radical (unpaired) electrons. The lowest BCUT2D eigenvalue weighted by atomic mass is 9.73. The molecule has 2 saturated heterocycles. The minimum absolute atomic E-state index is 0.160. The number of nitrogens with zero attached hydrogens (tertiary/aromatic N) is 2. The van der Waals surface area contributed by atoms with Gasteiger partial charge in [0.1, 0.15) is 12.4 Å². The largest absolute Gasteiger partial charge is 0.491 e. The van der Waals surface area contributed by atoms with Crippen molar-refractivity contribution >= 4 is 11.8 Å². The maximum Gasteiger partial charge on any atom is 0.228 e. The second-order valence-electron chi connectivity index (χ2n) is 11.3. The van der Waals surface area contributed by atoms with Crippen molar-refractivity contribution in [1.82, 2.24) is 15.1 Å². The number of rotatable bonds is 2. The minimum atomic E-state index is -0.342. The molecule has 0 unspecified atom stereocenters. The molecular formula is C29H43N3O3. The summed E-state index contributed by atoms with van der Waals surface area (Å²) in [5.74, 6) is 1.59. The third-order valence-corrected chi connectivity index (χ3v) is 9.08. The van der Waals surface area contributed by atoms with E-state index in [0.29, 0.717) is 38.2 Å². The highest BCUT2D eigenvalue weighted by molar-refractivity contribution is 5.84. The highest BCUT2D eigenvalue weighted by Crippen LogP contribution is 2.39. The van der Waals surface area contributed by atoms with Crippen LogP contribution in [0.3, 0.4) is 0 Å². The summed E-state index contributed by atoms with van der Waals surface area (Å²) in [6.07, 6.45) is 13.5. The van der Waals surface area contributed by atoms with Crippen LogP contribution in [0.1, 0.15) is 76.2 Å². The quantitative estimate of drug-likeness (QED) is 0.689. The molecule has 1 saturated carbocycles. The lowest BCUT2D eigenvalue weighted by Gasteiger charge is -2.48. The van der Waals surface area contributed by atoms with E-state index < -0.39 is 0 Å². The summed E-state index contributed by atoms with van der Waals surface area (Å²) in [5, 5.41) is 3.17. The number of carbonyl (C=O) groups is 2. The fourth-order valence-electron chi connectivity index (χ4n) is 6.74. The van der Waals surface area contributed by atoms with Crippen LogP contribution in [0.4, 0.5) is 0 Å². The number of carbonyl (C=O) groups excluding carboxylic acids is 2. The number of nitrogens with one attached hydrogen (secondary N) is 1. The number of benzene rings is 1. The zero-order valence-corrected chi connectivity index (χ0v) is 21.3. The van der Waals surface area contributed by atoms with E-state index in [-0.39, 0.29) is 17.2 Å². The van der Waals surface area contributed by atoms with Crippen molar-refractivity contribution in [2.24, 2.45) is 11.3 Å². The van der Waals surface area contributed by atoms with Gasteiger partial charge < -0.3 is 15.0 Å². The predicted octanol–water partition coefficient (Wildman–Crippen LogP) is 4.17. The van der Waals surface area contributed by atoms with Gasteiger partial charge in [0.2, 0.25) is 11.8 Å². The smallest absolute Gasteiger partial charge is 0.228 e. The van der Waals surface area contributed by atoms with Crippen molar-refractivity contribution in [1.29, 1.82) is 0 Å². The van der Waals surface area contributed by atoms with Gasteiger partial charge in [-0.05, 0) is 56.6 Å². The van der Waals surface area contributed by atoms with E-state index in [1.54, 1.807) is 0 Å². The Balaban J connectivity index is 1.13. The lowest BCUT2D eigenvalue weighted by Crippen LogP contribution is -2.59. The molecule has 0 bridgehead atoms. The van der Waals surface area contributed by atoms with E-state index in [0.717, 1.165) is 63.8 Å². The van der Waals surface area contributed by atoms with Crippen molar-refractivity contribution in [3.63, 3.8) is 0 Å². The Morgan fingerprint density at radius 3 is 2.49 bits per heavy atom. The standard InChI is InChI=1S/C29H43N3O3/c33-27(24-21-32(22-24)25-11-4-1-5-12-25)31-18-15-29(16-19-31)14-8-2-3-9-23-10-6-7-13-26(23)35-20-17-30-28(29)34/h6-7,10,13,24-25H,1-5,8-9,11-12,14-22H2,(H,30,34). The van der Waals surface area contributed by atoms with Gasteiger partial charge in [-0.25, -0.2) is 0 Å². The van der Waals surface area contributed by atoms with Crippen molar-refractivity contribution in [2.75, 3.05) is 39.3 Å². The molecule has 192 valence electrons. The van der Waals surface area contributed by atoms with Gasteiger partial charge in [-0.2, -0.15) is 0 Å². The molecular weight excluding hydrogens is 438 g/mol. The summed E-state index contributed by atoms with van der Waals surface area (Å²) in [7, 11) is 0. The number of aryl methyl sites for hydroxylation is 1. The molecule has 3 heterocycles. The first kappa shape index (κ1) is 24.6. The summed E-state index contributed by atoms with van der Waals surface area (Å²) >= 11 is 0. The summed E-state index contributed by atoms with van der Waals surface area (Å²) in [4.78, 5) is 31.2. The van der Waals surface area contributed by atoms with Crippen LogP contribution in [-0.2, 0) is 16.0 Å². The lowest BCUT2D eigenvalue weighted by molar-refractivity contribution is -0.148. The van der Waals surface area contributed by atoms with Gasteiger partial charge >= 0.3 is 0 Å². The molecule has 6 nitrogen and oxygen atoms in total. The van der Waals surface area contributed by atoms with Crippen molar-refractivity contribution in [2.45, 2.75) is 83.1 Å². The topological polar surface area (TPSA) is 61.9 Å². The summed E-state index contributed by atoms with van der Waals surface area (Å²) in [5.41, 5.74) is 0.920. The van der Waals surface area contributed by atoms with E-state index in [1.807, 2.05) is 12.1 Å². The molecule has 1 N–H and O–H groups in total. The Morgan fingerprint density at radius 1 is 0.943 bits per heavy atom. The van der Waals surface area contributed by atoms with Gasteiger partial charge in [-0.3, -0.25) is 14.5 Å². The van der Waals surface area contributed by atoms with Gasteiger partial charge in [0, 0.05) is 32.2 Å². The molecule has 1 aliphatic carbocycles. The van der Waals surface area contributed by atoms with Gasteiger partial charge in [0.15, 0.2) is 0 Å². The number of ether oxygens (including phenoxy) is 1. The number of piperidine rings is 1. The highest BCUT2D eigenvalue weighted by atomic mass is 16.5. The molecule has 0 aromatic heterocycles. The average Bonchev–Trinajstić information content (AvgIpc) is 2.87. The third-order valence-electron chi connectivity index (χ3n) is 9.08. The first-order chi connectivity index (χ1) is 17.1. The normalized spacial score (nSPS) is 25.3. The maximum atomic E-state index is 13.4. The molecule has 35 heavy (non-hydrogen) atoms. The van der Waals surface area contributed by atoms with Crippen LogP contribution in [0.5, 0.6) is 5.75 Å². The van der Waals surface area contributed by atoms with E-state index in [1.165, 1.54) is 37.7 Å². The Bertz CT molecular complexity index is 868. The Labute approximate surface area is 210 Å². The van der Waals surface area contributed by atoms with Crippen molar-refractivity contribution < 1.29 is 14.3 Å². The van der Waals surface area contributed by atoms with Gasteiger partial charge in [-0.1, -0.05) is 50.3 Å². The van der Waals surface area contributed by atoms with Gasteiger partial charge in [0.05, 0.1) is 17.9 Å². The highest BCUT2D eigenvalue weighted by Gasteiger charge is 2.44. The number of amides is 2. The van der Waals surface area contributed by atoms with Crippen LogP contribution in [0.15, 0.2) is 24.3 Å². The van der Waals surface area contributed by atoms with E-state index >= 15 is 0 Å². The zero-order chi connectivity index (χ0) is 24.1. The molecule has 6 heteroatoms. The predicted molar refractivity (Wildman–Crippen MR) is 137 cm³/mol. The molecule has 1 spiro atoms. The number of para-hydroxylation sites is 1. The molecule has 3 fully saturated rings. The van der Waals surface area contributed by atoms with Crippen LogP contribution in [0.2, 0.25) is 0 Å². The van der Waals surface area contributed by atoms with Crippen molar-refractivity contribution in [3.8, 4) is 5.75 Å². The van der Waals surface area contributed by atoms with Crippen LogP contribution < -0.4 is 10.1 Å². The monoisotopic (exact) mass is 481 g/mol. The SMILES string of the molecule is O=C(C1CN(C2CCCCC2)C1)N1CCC2(CCCCCc3ccccc3OCCNC2=O)CC1. The first-order valence-electron chi connectivity index (χ1n) is 14.2. The molecule has 1 aromatic rings. The minimum Gasteiger partial charge on any atom is -0.491 e. The fourth-order valence-corrected chi connectivity index (χ4v) is 6.74. The van der Waals surface area contributed by atoms with E-state index in [4.69, 9.17) is 4.74 Å². The first-order valence-corrected chi connectivity index (χ1v) is 14.2. The van der Waals surface area contributed by atoms with E-state index in [9.17, 15) is 9.59 Å². The Morgan fingerprint density at radius 2 is 1.69 bits per heavy atom. The Kier molecular flexibility index (Phi) is 7.96. The number of hydrogen-bond acceptors (Lipinski definition) is 4. The van der Waals surface area contributed by atoms with Crippen molar-refractivity contribution in [3.05, 3.63) is 29.8 Å².